The van der Waals surface area contributed by atoms with E-state index in [4.69, 9.17) is 4.43 Å². The Morgan fingerprint density at radius 2 is 1.64 bits per heavy atom. The van der Waals surface area contributed by atoms with Gasteiger partial charge in [0.05, 0.1) is 5.75 Å². The summed E-state index contributed by atoms with van der Waals surface area (Å²) in [5.41, 5.74) is 0. The highest BCUT2D eigenvalue weighted by Crippen LogP contribution is 2.36. The lowest BCUT2D eigenvalue weighted by Gasteiger charge is -2.36. The molecular weight excluding hydrogens is 216 g/mol. The van der Waals surface area contributed by atoms with Crippen molar-refractivity contribution < 1.29 is 12.8 Å². The van der Waals surface area contributed by atoms with Gasteiger partial charge in [0, 0.05) is 12.9 Å². The van der Waals surface area contributed by atoms with E-state index in [1.54, 1.807) is 0 Å². The Balaban J connectivity index is 4.15. The number of sulfone groups is 1. The Morgan fingerprint density at radius 3 is 1.93 bits per heavy atom. The predicted molar refractivity (Wildman–Crippen MR) is 62.9 cm³/mol. The third kappa shape index (κ3) is 5.12. The van der Waals surface area contributed by atoms with Gasteiger partial charge in [0.1, 0.15) is 9.84 Å². The molecule has 0 unspecified atom stereocenters. The average molecular weight is 238 g/mol. The van der Waals surface area contributed by atoms with E-state index < -0.39 is 18.2 Å². The second-order valence-electron chi connectivity index (χ2n) is 5.24. The Kier molecular flexibility index (Phi) is 4.36. The molecule has 0 aromatic rings. The molecule has 0 spiro atoms. The fraction of sp³-hybridized carbons (Fsp3) is 1.00. The van der Waals surface area contributed by atoms with E-state index in [9.17, 15) is 8.42 Å². The van der Waals surface area contributed by atoms with Gasteiger partial charge in [-0.2, -0.15) is 0 Å². The Morgan fingerprint density at radius 1 is 1.21 bits per heavy atom. The lowest BCUT2D eigenvalue weighted by Crippen LogP contribution is -2.41. The normalized spacial score (nSPS) is 14.4. The summed E-state index contributed by atoms with van der Waals surface area (Å²) in [6, 6.07) is 0. The summed E-state index contributed by atoms with van der Waals surface area (Å²) in [5.74, 6) is 0.125. The molecule has 0 aromatic heterocycles. The quantitative estimate of drug-likeness (QED) is 0.704. The molecule has 3 nitrogen and oxygen atoms in total. The predicted octanol–water partition coefficient (Wildman–Crippen LogP) is 2.05. The zero-order valence-electron chi connectivity index (χ0n) is 10.0. The molecule has 0 saturated carbocycles. The standard InChI is InChI=1S/C9H22O3SSi/c1-9(2,3)14(5,6)12-7-8-13(4,10)11/h7-8H2,1-6H3. The van der Waals surface area contributed by atoms with E-state index in [1.807, 2.05) is 0 Å². The first-order valence-corrected chi connectivity index (χ1v) is 9.74. The van der Waals surface area contributed by atoms with Crippen LogP contribution in [0, 0.1) is 0 Å². The van der Waals surface area contributed by atoms with Gasteiger partial charge < -0.3 is 4.43 Å². The van der Waals surface area contributed by atoms with E-state index in [0.29, 0.717) is 6.61 Å². The first-order valence-electron chi connectivity index (χ1n) is 4.77. The molecule has 0 atom stereocenters. The molecular formula is C9H22O3SSi. The molecule has 86 valence electrons. The average Bonchev–Trinajstić information content (AvgIpc) is 1.80. The highest BCUT2D eigenvalue weighted by Gasteiger charge is 2.37. The zero-order valence-corrected chi connectivity index (χ0v) is 11.9. The summed E-state index contributed by atoms with van der Waals surface area (Å²) in [7, 11) is -4.66. The minimum absolute atomic E-state index is 0.125. The van der Waals surface area contributed by atoms with E-state index in [1.165, 1.54) is 6.26 Å². The highest BCUT2D eigenvalue weighted by atomic mass is 32.2. The van der Waals surface area contributed by atoms with Crippen LogP contribution < -0.4 is 0 Å². The number of hydrogen-bond acceptors (Lipinski definition) is 3. The van der Waals surface area contributed by atoms with Gasteiger partial charge in [-0.25, -0.2) is 8.42 Å². The van der Waals surface area contributed by atoms with Crippen LogP contribution in [0.5, 0.6) is 0 Å². The van der Waals surface area contributed by atoms with Crippen LogP contribution in [0.3, 0.4) is 0 Å². The van der Waals surface area contributed by atoms with Crippen LogP contribution in [0.4, 0.5) is 0 Å². The SMILES string of the molecule is CC(C)(C)[Si](C)(C)OCCS(C)(=O)=O. The smallest absolute Gasteiger partial charge is 0.192 e. The third-order valence-electron chi connectivity index (χ3n) is 2.72. The molecule has 0 aromatic carbocycles. The van der Waals surface area contributed by atoms with Crippen molar-refractivity contribution in [1.29, 1.82) is 0 Å². The van der Waals surface area contributed by atoms with Gasteiger partial charge in [-0.3, -0.25) is 0 Å². The Hall–Kier alpha value is 0.127. The maximum absolute atomic E-state index is 10.9. The van der Waals surface area contributed by atoms with Crippen molar-refractivity contribution in [2.45, 2.75) is 38.9 Å². The molecule has 0 bridgehead atoms. The summed E-state index contributed by atoms with van der Waals surface area (Å²) in [6.45, 7) is 11.0. The Bertz CT molecular complexity index is 275. The van der Waals surface area contributed by atoms with Crippen molar-refractivity contribution in [2.24, 2.45) is 0 Å². The van der Waals surface area contributed by atoms with Crippen LogP contribution in [0.1, 0.15) is 20.8 Å². The van der Waals surface area contributed by atoms with Crippen molar-refractivity contribution >= 4 is 18.2 Å². The van der Waals surface area contributed by atoms with Crippen molar-refractivity contribution in [3.63, 3.8) is 0 Å². The van der Waals surface area contributed by atoms with Gasteiger partial charge in [0.25, 0.3) is 0 Å². The van der Waals surface area contributed by atoms with Crippen LogP contribution >= 0.6 is 0 Å². The highest BCUT2D eigenvalue weighted by molar-refractivity contribution is 7.90. The van der Waals surface area contributed by atoms with Crippen molar-refractivity contribution in [1.82, 2.24) is 0 Å². The summed E-state index contributed by atoms with van der Waals surface area (Å²) in [5, 5.41) is 0.143. The van der Waals surface area contributed by atoms with E-state index in [0.717, 1.165) is 0 Å². The minimum Gasteiger partial charge on any atom is -0.416 e. The maximum atomic E-state index is 10.9. The van der Waals surface area contributed by atoms with Crippen LogP contribution in [-0.4, -0.2) is 35.4 Å². The molecule has 0 aliphatic rings. The Labute approximate surface area is 88.9 Å². The van der Waals surface area contributed by atoms with Gasteiger partial charge in [0.15, 0.2) is 8.32 Å². The maximum Gasteiger partial charge on any atom is 0.192 e. The first-order chi connectivity index (χ1) is 5.96. The molecule has 0 aliphatic heterocycles. The number of hydrogen-bond donors (Lipinski definition) is 0. The molecule has 0 heterocycles. The summed E-state index contributed by atoms with van der Waals surface area (Å²) >= 11 is 0. The topological polar surface area (TPSA) is 43.4 Å². The molecule has 0 rings (SSSR count). The van der Waals surface area contributed by atoms with Crippen molar-refractivity contribution in [3.05, 3.63) is 0 Å². The molecule has 0 radical (unpaired) electrons. The molecule has 0 N–H and O–H groups in total. The van der Waals surface area contributed by atoms with Gasteiger partial charge in [-0.1, -0.05) is 20.8 Å². The summed E-state index contributed by atoms with van der Waals surface area (Å²) in [4.78, 5) is 0. The van der Waals surface area contributed by atoms with E-state index >= 15 is 0 Å². The summed E-state index contributed by atoms with van der Waals surface area (Å²) in [6.07, 6.45) is 1.24. The fourth-order valence-corrected chi connectivity index (χ4v) is 2.24. The summed E-state index contributed by atoms with van der Waals surface area (Å²) < 4.78 is 27.5. The second kappa shape index (κ2) is 4.33. The molecule has 0 aliphatic carbocycles. The largest absolute Gasteiger partial charge is 0.416 e. The molecule has 5 heteroatoms. The fourth-order valence-electron chi connectivity index (χ4n) is 0.665. The molecule has 0 fully saturated rings. The van der Waals surface area contributed by atoms with Gasteiger partial charge in [-0.15, -0.1) is 0 Å². The second-order valence-corrected chi connectivity index (χ2v) is 12.3. The monoisotopic (exact) mass is 238 g/mol. The number of rotatable bonds is 4. The van der Waals surface area contributed by atoms with Crippen LogP contribution in [0.15, 0.2) is 0 Å². The van der Waals surface area contributed by atoms with Crippen LogP contribution in [0.25, 0.3) is 0 Å². The van der Waals surface area contributed by atoms with E-state index in [2.05, 4.69) is 33.9 Å². The van der Waals surface area contributed by atoms with Crippen LogP contribution in [-0.2, 0) is 14.3 Å². The lowest BCUT2D eigenvalue weighted by atomic mass is 10.2. The third-order valence-corrected chi connectivity index (χ3v) is 8.17. The van der Waals surface area contributed by atoms with Crippen LogP contribution in [0.2, 0.25) is 18.1 Å². The zero-order chi connectivity index (χ0) is 11.6. The molecule has 0 amide bonds. The van der Waals surface area contributed by atoms with Crippen molar-refractivity contribution in [3.8, 4) is 0 Å². The molecule has 0 saturated heterocycles. The van der Waals surface area contributed by atoms with Gasteiger partial charge >= 0.3 is 0 Å². The van der Waals surface area contributed by atoms with Crippen molar-refractivity contribution in [2.75, 3.05) is 18.6 Å². The van der Waals surface area contributed by atoms with Gasteiger partial charge in [0.2, 0.25) is 0 Å². The lowest BCUT2D eigenvalue weighted by molar-refractivity contribution is 0.309. The first kappa shape index (κ1) is 14.1. The van der Waals surface area contributed by atoms with E-state index in [-0.39, 0.29) is 10.8 Å². The molecule has 14 heavy (non-hydrogen) atoms. The van der Waals surface area contributed by atoms with Gasteiger partial charge in [-0.05, 0) is 18.1 Å². The minimum atomic E-state index is -2.89.